The standard InChI is InChI=1S/C22H29N5O3/c1-13(28)24-15-8-10-16(11-9-15)25-22-23-12-14-4-2-5-17(20(14)27-22)21(30)26-18-6-3-7-19(18)29/h2,4-5,12,15-16,18-19,29H,3,6-11H2,1H3,(H,24,28)(H,26,30)(H,23,25,27)/t15-,16-,18-,19-/m1/s1. The lowest BCUT2D eigenvalue weighted by Crippen LogP contribution is -2.40. The highest BCUT2D eigenvalue weighted by atomic mass is 16.3. The Kier molecular flexibility index (Phi) is 6.13. The molecule has 1 aromatic heterocycles. The quantitative estimate of drug-likeness (QED) is 0.599. The van der Waals surface area contributed by atoms with Crippen LogP contribution in [0.15, 0.2) is 24.4 Å². The van der Waals surface area contributed by atoms with E-state index < -0.39 is 6.10 Å². The molecule has 8 nitrogen and oxygen atoms in total. The molecule has 0 bridgehead atoms. The maximum atomic E-state index is 12.8. The maximum Gasteiger partial charge on any atom is 0.253 e. The fraction of sp³-hybridized carbons (Fsp3) is 0.545. The van der Waals surface area contributed by atoms with E-state index >= 15 is 0 Å². The smallest absolute Gasteiger partial charge is 0.253 e. The summed E-state index contributed by atoms with van der Waals surface area (Å²) in [5.74, 6) is 0.304. The molecule has 0 radical (unpaired) electrons. The third kappa shape index (κ3) is 4.70. The number of anilines is 1. The summed E-state index contributed by atoms with van der Waals surface area (Å²) < 4.78 is 0. The van der Waals surface area contributed by atoms with Crippen molar-refractivity contribution in [3.8, 4) is 0 Å². The van der Waals surface area contributed by atoms with Crippen molar-refractivity contribution in [1.82, 2.24) is 20.6 Å². The molecular weight excluding hydrogens is 382 g/mol. The fourth-order valence-corrected chi connectivity index (χ4v) is 4.52. The molecule has 4 rings (SSSR count). The third-order valence-electron chi connectivity index (χ3n) is 6.12. The van der Waals surface area contributed by atoms with Gasteiger partial charge < -0.3 is 21.1 Å². The summed E-state index contributed by atoms with van der Waals surface area (Å²) in [5, 5.41) is 20.1. The minimum atomic E-state index is -0.483. The molecule has 2 aliphatic rings. The molecule has 4 N–H and O–H groups in total. The van der Waals surface area contributed by atoms with Gasteiger partial charge in [-0.15, -0.1) is 0 Å². The molecular formula is C22H29N5O3. The number of nitrogens with one attached hydrogen (secondary N) is 3. The van der Waals surface area contributed by atoms with Crippen molar-refractivity contribution >= 4 is 28.7 Å². The zero-order valence-electron chi connectivity index (χ0n) is 17.2. The van der Waals surface area contributed by atoms with E-state index in [-0.39, 0.29) is 29.9 Å². The van der Waals surface area contributed by atoms with Crippen LogP contribution in [0.2, 0.25) is 0 Å². The molecule has 8 heteroatoms. The Balaban J connectivity index is 1.46. The van der Waals surface area contributed by atoms with Crippen molar-refractivity contribution in [2.75, 3.05) is 5.32 Å². The van der Waals surface area contributed by atoms with Gasteiger partial charge in [0.1, 0.15) is 0 Å². The van der Waals surface area contributed by atoms with E-state index in [9.17, 15) is 14.7 Å². The zero-order valence-corrected chi connectivity index (χ0v) is 17.2. The predicted octanol–water partition coefficient (Wildman–Crippen LogP) is 2.13. The van der Waals surface area contributed by atoms with Gasteiger partial charge in [0.05, 0.1) is 23.2 Å². The molecule has 30 heavy (non-hydrogen) atoms. The first-order valence-electron chi connectivity index (χ1n) is 10.8. The average Bonchev–Trinajstić information content (AvgIpc) is 3.13. The number of amides is 2. The fourth-order valence-electron chi connectivity index (χ4n) is 4.52. The first-order chi connectivity index (χ1) is 14.5. The van der Waals surface area contributed by atoms with Crippen molar-refractivity contribution < 1.29 is 14.7 Å². The monoisotopic (exact) mass is 411 g/mol. The second kappa shape index (κ2) is 8.95. The van der Waals surface area contributed by atoms with E-state index in [0.29, 0.717) is 17.0 Å². The van der Waals surface area contributed by atoms with Crippen LogP contribution in [0.4, 0.5) is 5.95 Å². The van der Waals surface area contributed by atoms with Crippen molar-refractivity contribution in [3.63, 3.8) is 0 Å². The zero-order chi connectivity index (χ0) is 21.1. The number of carbonyl (C=O) groups is 2. The van der Waals surface area contributed by atoms with Crippen molar-refractivity contribution in [3.05, 3.63) is 30.0 Å². The summed E-state index contributed by atoms with van der Waals surface area (Å²) in [6.45, 7) is 1.55. The van der Waals surface area contributed by atoms with Gasteiger partial charge in [-0.05, 0) is 51.0 Å². The topological polar surface area (TPSA) is 116 Å². The number of aliphatic hydroxyl groups excluding tert-OH is 1. The van der Waals surface area contributed by atoms with Crippen molar-refractivity contribution in [1.29, 1.82) is 0 Å². The van der Waals surface area contributed by atoms with Crippen LogP contribution in [0.1, 0.15) is 62.2 Å². The largest absolute Gasteiger partial charge is 0.391 e. The molecule has 2 amide bonds. The summed E-state index contributed by atoms with van der Waals surface area (Å²) in [4.78, 5) is 33.1. The molecule has 2 aromatic rings. The van der Waals surface area contributed by atoms with Gasteiger partial charge in [-0.2, -0.15) is 0 Å². The number of benzene rings is 1. The molecule has 160 valence electrons. The minimum absolute atomic E-state index is 0.0141. The first-order valence-corrected chi connectivity index (χ1v) is 10.8. The summed E-state index contributed by atoms with van der Waals surface area (Å²) in [5.41, 5.74) is 1.10. The van der Waals surface area contributed by atoms with Crippen molar-refractivity contribution in [2.45, 2.75) is 76.1 Å². The molecule has 2 aliphatic carbocycles. The van der Waals surface area contributed by atoms with Crippen LogP contribution in [-0.2, 0) is 4.79 Å². The van der Waals surface area contributed by atoms with Gasteiger partial charge in [-0.3, -0.25) is 9.59 Å². The van der Waals surface area contributed by atoms with Gasteiger partial charge in [0.2, 0.25) is 11.9 Å². The second-order valence-electron chi connectivity index (χ2n) is 8.41. The Hall–Kier alpha value is -2.74. The molecule has 2 atom stereocenters. The lowest BCUT2D eigenvalue weighted by atomic mass is 9.91. The van der Waals surface area contributed by atoms with Gasteiger partial charge in [-0.1, -0.05) is 12.1 Å². The SMILES string of the molecule is CC(=O)N[C@H]1CC[C@H](Nc2ncc3cccc(C(=O)N[C@@H]4CCC[C@H]4O)c3n2)CC1. The number of fused-ring (bicyclic) bond motifs is 1. The highest BCUT2D eigenvalue weighted by molar-refractivity contribution is 6.05. The number of para-hydroxylation sites is 1. The highest BCUT2D eigenvalue weighted by Crippen LogP contribution is 2.24. The molecule has 0 spiro atoms. The number of carbonyl (C=O) groups excluding carboxylic acids is 2. The lowest BCUT2D eigenvalue weighted by Gasteiger charge is -2.29. The molecule has 1 heterocycles. The number of nitrogens with zero attached hydrogens (tertiary/aromatic N) is 2. The van der Waals surface area contributed by atoms with Gasteiger partial charge in [0, 0.05) is 30.6 Å². The Morgan fingerprint density at radius 2 is 1.80 bits per heavy atom. The molecule has 0 unspecified atom stereocenters. The number of aliphatic hydroxyl groups is 1. The molecule has 0 aliphatic heterocycles. The normalized spacial score (nSPS) is 26.3. The predicted molar refractivity (Wildman–Crippen MR) is 114 cm³/mol. The summed E-state index contributed by atoms with van der Waals surface area (Å²) >= 11 is 0. The molecule has 1 aromatic carbocycles. The van der Waals surface area contributed by atoms with Crippen LogP contribution in [0.5, 0.6) is 0 Å². The average molecular weight is 412 g/mol. The summed E-state index contributed by atoms with van der Waals surface area (Å²) in [7, 11) is 0. The van der Waals surface area contributed by atoms with Crippen LogP contribution < -0.4 is 16.0 Å². The van der Waals surface area contributed by atoms with E-state index in [1.807, 2.05) is 12.1 Å². The van der Waals surface area contributed by atoms with Gasteiger partial charge in [-0.25, -0.2) is 9.97 Å². The first kappa shape index (κ1) is 20.5. The second-order valence-corrected chi connectivity index (χ2v) is 8.41. The van der Waals surface area contributed by atoms with Crippen molar-refractivity contribution in [2.24, 2.45) is 0 Å². The van der Waals surface area contributed by atoms with Crippen LogP contribution in [0.3, 0.4) is 0 Å². The Labute approximate surface area is 175 Å². The Morgan fingerprint density at radius 3 is 2.50 bits per heavy atom. The maximum absolute atomic E-state index is 12.8. The molecule has 0 saturated heterocycles. The van der Waals surface area contributed by atoms with Crippen LogP contribution in [0.25, 0.3) is 10.9 Å². The number of aromatic nitrogens is 2. The van der Waals surface area contributed by atoms with E-state index in [4.69, 9.17) is 0 Å². The van der Waals surface area contributed by atoms with Crippen LogP contribution in [0, 0.1) is 0 Å². The Morgan fingerprint density at radius 1 is 1.03 bits per heavy atom. The number of hydrogen-bond acceptors (Lipinski definition) is 6. The van der Waals surface area contributed by atoms with E-state index in [2.05, 4.69) is 25.9 Å². The summed E-state index contributed by atoms with van der Waals surface area (Å²) in [6, 6.07) is 5.74. The van der Waals surface area contributed by atoms with Gasteiger partial charge >= 0.3 is 0 Å². The van der Waals surface area contributed by atoms with E-state index in [1.54, 1.807) is 19.2 Å². The molecule has 2 saturated carbocycles. The molecule has 2 fully saturated rings. The van der Waals surface area contributed by atoms with Gasteiger partial charge in [0.25, 0.3) is 5.91 Å². The van der Waals surface area contributed by atoms with Crippen LogP contribution >= 0.6 is 0 Å². The highest BCUT2D eigenvalue weighted by Gasteiger charge is 2.27. The van der Waals surface area contributed by atoms with Gasteiger partial charge in [0.15, 0.2) is 0 Å². The lowest BCUT2D eigenvalue weighted by molar-refractivity contribution is -0.119. The number of hydrogen-bond donors (Lipinski definition) is 4. The minimum Gasteiger partial charge on any atom is -0.391 e. The van der Waals surface area contributed by atoms with E-state index in [1.165, 1.54) is 0 Å². The third-order valence-corrected chi connectivity index (χ3v) is 6.12. The number of rotatable bonds is 5. The summed E-state index contributed by atoms with van der Waals surface area (Å²) in [6.07, 6.45) is 7.37. The van der Waals surface area contributed by atoms with E-state index in [0.717, 1.165) is 50.3 Å². The Bertz CT molecular complexity index is 926. The van der Waals surface area contributed by atoms with Crippen LogP contribution in [-0.4, -0.2) is 51.1 Å².